The molecule has 1 aliphatic rings. The standard InChI is InChI=1S/C13H10O/c14-13-11-7-3-1-5-9(11)10-6-2-4-8-12(10)13/h1-8,13-14H/i14D. The van der Waals surface area contributed by atoms with Gasteiger partial charge in [0.15, 0.2) is 0 Å². The van der Waals surface area contributed by atoms with Crippen LogP contribution in [0.4, 0.5) is 0 Å². The molecule has 1 N–H and O–H groups in total. The predicted molar refractivity (Wildman–Crippen MR) is 55.9 cm³/mol. The van der Waals surface area contributed by atoms with Crippen LogP contribution in [0.5, 0.6) is 0 Å². The smallest absolute Gasteiger partial charge is 0.211 e. The first-order valence-electron chi connectivity index (χ1n) is 5.13. The van der Waals surface area contributed by atoms with E-state index in [4.69, 9.17) is 6.54 Å². The molecule has 0 fully saturated rings. The van der Waals surface area contributed by atoms with Gasteiger partial charge in [0.05, 0.1) is 0 Å². The summed E-state index contributed by atoms with van der Waals surface area (Å²) in [5, 5.41) is 4.81. The first-order chi connectivity index (χ1) is 7.42. The summed E-state index contributed by atoms with van der Waals surface area (Å²) in [5.41, 5.74) is 4.55. The van der Waals surface area contributed by atoms with Crippen LogP contribution in [-0.4, -0.2) is 6.54 Å². The molecule has 0 atom stereocenters. The van der Waals surface area contributed by atoms with Gasteiger partial charge in [-0.15, -0.1) is 0 Å². The molecule has 3 rings (SSSR count). The summed E-state index contributed by atoms with van der Waals surface area (Å²) in [6.45, 7) is 0. The first kappa shape index (κ1) is 6.80. The Hall–Kier alpha value is -1.60. The molecule has 0 saturated carbocycles. The summed E-state index contributed by atoms with van der Waals surface area (Å²) >= 11 is 0. The lowest BCUT2D eigenvalue weighted by Crippen LogP contribution is -1.92. The van der Waals surface area contributed by atoms with Gasteiger partial charge >= 0.3 is 0 Å². The van der Waals surface area contributed by atoms with E-state index in [9.17, 15) is 0 Å². The van der Waals surface area contributed by atoms with E-state index >= 15 is 0 Å². The third-order valence-corrected chi connectivity index (χ3v) is 2.78. The molecule has 0 saturated heterocycles. The molecule has 1 nitrogen and oxygen atoms in total. The van der Waals surface area contributed by atoms with Crippen LogP contribution in [0.1, 0.15) is 17.2 Å². The van der Waals surface area contributed by atoms with E-state index in [2.05, 4.69) is 12.1 Å². The highest BCUT2D eigenvalue weighted by molar-refractivity contribution is 5.77. The van der Waals surface area contributed by atoms with Crippen molar-refractivity contribution >= 4 is 0 Å². The molecular weight excluding hydrogens is 172 g/mol. The number of aliphatic hydroxyl groups is 1. The second kappa shape index (κ2) is 2.69. The van der Waals surface area contributed by atoms with Gasteiger partial charge in [-0.2, -0.15) is 0 Å². The highest BCUT2D eigenvalue weighted by atomic mass is 16.3. The van der Waals surface area contributed by atoms with Crippen LogP contribution in [0.3, 0.4) is 0 Å². The van der Waals surface area contributed by atoms with Gasteiger partial charge in [0.2, 0.25) is 1.43 Å². The zero-order valence-electron chi connectivity index (χ0n) is 8.60. The Bertz CT molecular complexity index is 462. The van der Waals surface area contributed by atoms with Gasteiger partial charge in [-0.3, -0.25) is 0 Å². The zero-order valence-corrected chi connectivity index (χ0v) is 7.60. The first-order valence-corrected chi connectivity index (χ1v) is 4.72. The average Bonchev–Trinajstić information content (AvgIpc) is 2.63. The fraction of sp³-hybridized carbons (Fsp3) is 0.0769. The summed E-state index contributed by atoms with van der Waals surface area (Å²) in [7, 11) is 0. The number of hydrogen-bond donors (Lipinski definition) is 1. The SMILES string of the molecule is [2H]OC1c2ccccc2-c2ccccc21. The molecule has 0 heterocycles. The summed E-state index contributed by atoms with van der Waals surface area (Å²) in [6.07, 6.45) is -0.225. The van der Waals surface area contributed by atoms with Gasteiger partial charge in [-0.25, -0.2) is 0 Å². The normalized spacial score (nSPS) is 14.7. The van der Waals surface area contributed by atoms with Crippen LogP contribution in [-0.2, 0) is 0 Å². The Labute approximate surface area is 84.1 Å². The fourth-order valence-electron chi connectivity index (χ4n) is 2.11. The van der Waals surface area contributed by atoms with Crippen LogP contribution < -0.4 is 0 Å². The highest BCUT2D eigenvalue weighted by Crippen LogP contribution is 2.42. The number of benzene rings is 2. The molecule has 14 heavy (non-hydrogen) atoms. The number of fused-ring (bicyclic) bond motifs is 3. The van der Waals surface area contributed by atoms with E-state index < -0.39 is 0 Å². The van der Waals surface area contributed by atoms with Crippen molar-refractivity contribution in [1.82, 2.24) is 0 Å². The van der Waals surface area contributed by atoms with Crippen molar-refractivity contribution in [3.8, 4) is 11.1 Å². The summed E-state index contributed by atoms with van der Waals surface area (Å²) in [6, 6.07) is 16.2. The minimum absolute atomic E-state index is 0.225. The minimum atomic E-state index is -0.225. The van der Waals surface area contributed by atoms with E-state index in [1.807, 2.05) is 36.4 Å². The minimum Gasteiger partial charge on any atom is -0.384 e. The lowest BCUT2D eigenvalue weighted by atomic mass is 10.1. The second-order valence-electron chi connectivity index (χ2n) is 3.55. The van der Waals surface area contributed by atoms with E-state index in [-0.39, 0.29) is 6.10 Å². The van der Waals surface area contributed by atoms with Crippen LogP contribution in [0.15, 0.2) is 48.5 Å². The lowest BCUT2D eigenvalue weighted by Gasteiger charge is -2.03. The summed E-state index contributed by atoms with van der Waals surface area (Å²) < 4.78 is 7.16. The van der Waals surface area contributed by atoms with E-state index in [1.165, 1.54) is 11.1 Å². The molecule has 2 aromatic carbocycles. The van der Waals surface area contributed by atoms with Gasteiger partial charge in [0.1, 0.15) is 6.10 Å². The maximum atomic E-state index is 7.16. The molecule has 0 unspecified atom stereocenters. The molecule has 0 amide bonds. The number of hydrogen-bond acceptors (Lipinski definition) is 1. The van der Waals surface area contributed by atoms with Gasteiger partial charge in [0, 0.05) is 0 Å². The van der Waals surface area contributed by atoms with Crippen LogP contribution in [0.2, 0.25) is 0 Å². The molecule has 1 heteroatoms. The van der Waals surface area contributed by atoms with Crippen molar-refractivity contribution in [2.45, 2.75) is 6.10 Å². The molecule has 0 spiro atoms. The third kappa shape index (κ3) is 0.875. The van der Waals surface area contributed by atoms with Crippen molar-refractivity contribution in [2.75, 3.05) is 0 Å². The summed E-state index contributed by atoms with van der Waals surface area (Å²) in [5.74, 6) is 0. The topological polar surface area (TPSA) is 20.2 Å². The molecule has 0 radical (unpaired) electrons. The maximum Gasteiger partial charge on any atom is 0.211 e. The second-order valence-corrected chi connectivity index (χ2v) is 3.55. The van der Waals surface area contributed by atoms with Gasteiger partial charge in [-0.05, 0) is 22.3 Å². The third-order valence-electron chi connectivity index (χ3n) is 2.78. The molecule has 0 aliphatic heterocycles. The Balaban J connectivity index is 2.31. The van der Waals surface area contributed by atoms with Gasteiger partial charge < -0.3 is 5.11 Å². The quantitative estimate of drug-likeness (QED) is 0.720. The van der Waals surface area contributed by atoms with Crippen molar-refractivity contribution < 1.29 is 5.11 Å². The maximum absolute atomic E-state index is 7.16. The van der Waals surface area contributed by atoms with Crippen molar-refractivity contribution in [3.05, 3.63) is 59.7 Å². The Morgan fingerprint density at radius 1 is 0.857 bits per heavy atom. The van der Waals surface area contributed by atoms with Crippen LogP contribution in [0, 0.1) is 0 Å². The number of rotatable bonds is 1. The van der Waals surface area contributed by atoms with Crippen molar-refractivity contribution in [3.63, 3.8) is 0 Å². The Kier molecular flexibility index (Phi) is 1.31. The average molecular weight is 183 g/mol. The van der Waals surface area contributed by atoms with Crippen molar-refractivity contribution in [1.29, 1.82) is 1.43 Å². The molecule has 2 aromatic rings. The molecule has 0 aromatic heterocycles. The molecule has 0 bridgehead atoms. The monoisotopic (exact) mass is 183 g/mol. The molecule has 68 valence electrons. The van der Waals surface area contributed by atoms with Crippen LogP contribution in [0.25, 0.3) is 11.1 Å². The molecule has 1 aliphatic carbocycles. The van der Waals surface area contributed by atoms with E-state index in [0.717, 1.165) is 11.1 Å². The zero-order chi connectivity index (χ0) is 10.3. The van der Waals surface area contributed by atoms with E-state index in [1.54, 1.807) is 0 Å². The van der Waals surface area contributed by atoms with Gasteiger partial charge in [-0.1, -0.05) is 48.5 Å². The Morgan fingerprint density at radius 2 is 1.36 bits per heavy atom. The van der Waals surface area contributed by atoms with Gasteiger partial charge in [0.25, 0.3) is 0 Å². The van der Waals surface area contributed by atoms with Crippen molar-refractivity contribution in [2.24, 2.45) is 0 Å². The Morgan fingerprint density at radius 3 is 1.86 bits per heavy atom. The van der Waals surface area contributed by atoms with Crippen LogP contribution >= 0.6 is 0 Å². The largest absolute Gasteiger partial charge is 0.384 e. The highest BCUT2D eigenvalue weighted by Gasteiger charge is 2.25. The molecular formula is C13H10O. The summed E-state index contributed by atoms with van der Waals surface area (Å²) in [4.78, 5) is 0. The number of aliphatic hydroxyl groups excluding tert-OH is 1. The fourth-order valence-corrected chi connectivity index (χ4v) is 2.11. The van der Waals surface area contributed by atoms with E-state index in [0.29, 0.717) is 0 Å². The predicted octanol–water partition coefficient (Wildman–Crippen LogP) is 2.75. The lowest BCUT2D eigenvalue weighted by molar-refractivity contribution is 0.225.